The first-order valence-corrected chi connectivity index (χ1v) is 7.54. The van der Waals surface area contributed by atoms with E-state index in [-0.39, 0.29) is 17.8 Å². The van der Waals surface area contributed by atoms with Crippen molar-refractivity contribution in [2.24, 2.45) is 5.41 Å². The second-order valence-electron chi connectivity index (χ2n) is 6.89. The molecule has 0 aromatic heterocycles. The van der Waals surface area contributed by atoms with Crippen LogP contribution in [0.3, 0.4) is 0 Å². The predicted octanol–water partition coefficient (Wildman–Crippen LogP) is 3.97. The number of hydrogen-bond donors (Lipinski definition) is 1. The Kier molecular flexibility index (Phi) is 4.36. The van der Waals surface area contributed by atoms with E-state index in [2.05, 4.69) is 24.9 Å². The number of aromatic hydroxyl groups is 1. The molecule has 2 nitrogen and oxygen atoms in total. The standard InChI is InChI=1S/C17H25NO.ClH/c1-16-8-3-4-9-17(16,10-11-18(2)13-16)14-6-5-7-15(19)12-14;/h5-7,12,19H,3-4,8-11,13H2,1-2H3;1H/t16-,17+;/m1./s1. The summed E-state index contributed by atoms with van der Waals surface area (Å²) in [4.78, 5) is 2.48. The Labute approximate surface area is 128 Å². The van der Waals surface area contributed by atoms with Crippen LogP contribution in [0.15, 0.2) is 24.3 Å². The van der Waals surface area contributed by atoms with Crippen LogP contribution >= 0.6 is 12.4 Å². The van der Waals surface area contributed by atoms with Gasteiger partial charge < -0.3 is 10.0 Å². The second kappa shape index (κ2) is 5.57. The molecule has 1 heterocycles. The average Bonchev–Trinajstić information content (AvgIpc) is 2.37. The maximum Gasteiger partial charge on any atom is 0.115 e. The van der Waals surface area contributed by atoms with Crippen LogP contribution < -0.4 is 0 Å². The summed E-state index contributed by atoms with van der Waals surface area (Å²) >= 11 is 0. The molecule has 1 aliphatic carbocycles. The van der Waals surface area contributed by atoms with Crippen molar-refractivity contribution in [2.45, 2.75) is 44.4 Å². The number of nitrogens with zero attached hydrogens (tertiary/aromatic N) is 1. The highest BCUT2D eigenvalue weighted by molar-refractivity contribution is 5.85. The molecular weight excluding hydrogens is 270 g/mol. The number of rotatable bonds is 1. The van der Waals surface area contributed by atoms with Gasteiger partial charge in [-0.25, -0.2) is 0 Å². The molecule has 0 unspecified atom stereocenters. The molecule has 1 aromatic carbocycles. The smallest absolute Gasteiger partial charge is 0.115 e. The van der Waals surface area contributed by atoms with Gasteiger partial charge in [0.05, 0.1) is 0 Å². The van der Waals surface area contributed by atoms with Crippen molar-refractivity contribution >= 4 is 12.4 Å². The lowest BCUT2D eigenvalue weighted by molar-refractivity contribution is -0.0115. The number of phenolic OH excluding ortho intramolecular Hbond substituents is 1. The average molecular weight is 296 g/mol. The molecule has 2 fully saturated rings. The van der Waals surface area contributed by atoms with E-state index in [4.69, 9.17) is 0 Å². The van der Waals surface area contributed by atoms with Crippen LogP contribution in [-0.4, -0.2) is 30.1 Å². The normalized spacial score (nSPS) is 34.1. The lowest BCUT2D eigenvalue weighted by Gasteiger charge is -2.57. The first-order valence-electron chi connectivity index (χ1n) is 7.54. The third kappa shape index (κ3) is 2.33. The SMILES string of the molecule is CN1CC[C@]2(c3cccc(O)c3)CCCC[C@]2(C)C1.Cl. The summed E-state index contributed by atoms with van der Waals surface area (Å²) in [5, 5.41) is 9.86. The molecule has 0 spiro atoms. The van der Waals surface area contributed by atoms with Crippen LogP contribution in [0.4, 0.5) is 0 Å². The lowest BCUT2D eigenvalue weighted by atomic mass is 9.51. The molecule has 3 heteroatoms. The van der Waals surface area contributed by atoms with E-state index in [0.29, 0.717) is 11.2 Å². The molecule has 2 atom stereocenters. The van der Waals surface area contributed by atoms with Gasteiger partial charge in [0.15, 0.2) is 0 Å². The number of likely N-dealkylation sites (tertiary alicyclic amines) is 1. The Balaban J connectivity index is 0.00000147. The number of fused-ring (bicyclic) bond motifs is 1. The molecule has 1 saturated carbocycles. The summed E-state index contributed by atoms with van der Waals surface area (Å²) in [5.74, 6) is 0.415. The van der Waals surface area contributed by atoms with Gasteiger partial charge >= 0.3 is 0 Å². The monoisotopic (exact) mass is 295 g/mol. The fourth-order valence-corrected chi connectivity index (χ4v) is 4.64. The molecule has 3 rings (SSSR count). The quantitative estimate of drug-likeness (QED) is 0.847. The van der Waals surface area contributed by atoms with E-state index in [9.17, 15) is 5.11 Å². The third-order valence-corrected chi connectivity index (χ3v) is 5.68. The van der Waals surface area contributed by atoms with Gasteiger partial charge in [-0.05, 0) is 56.0 Å². The molecule has 0 amide bonds. The zero-order chi connectivity index (χ0) is 13.5. The Morgan fingerprint density at radius 2 is 1.90 bits per heavy atom. The molecule has 112 valence electrons. The summed E-state index contributed by atoms with van der Waals surface area (Å²) in [7, 11) is 2.24. The molecule has 1 aromatic rings. The zero-order valence-electron chi connectivity index (χ0n) is 12.6. The molecule has 20 heavy (non-hydrogen) atoms. The summed E-state index contributed by atoms with van der Waals surface area (Å²) < 4.78 is 0. The molecule has 0 radical (unpaired) electrons. The van der Waals surface area contributed by atoms with Crippen molar-refractivity contribution in [3.63, 3.8) is 0 Å². The molecule has 2 aliphatic rings. The van der Waals surface area contributed by atoms with Crippen molar-refractivity contribution in [1.29, 1.82) is 0 Å². The van der Waals surface area contributed by atoms with Crippen LogP contribution in [0.1, 0.15) is 44.6 Å². The Morgan fingerprint density at radius 3 is 2.65 bits per heavy atom. The molecule has 1 aliphatic heterocycles. The van der Waals surface area contributed by atoms with Gasteiger partial charge in [0, 0.05) is 12.0 Å². The highest BCUT2D eigenvalue weighted by atomic mass is 35.5. The van der Waals surface area contributed by atoms with Crippen molar-refractivity contribution in [2.75, 3.05) is 20.1 Å². The van der Waals surface area contributed by atoms with Gasteiger partial charge in [0.25, 0.3) is 0 Å². The fourth-order valence-electron chi connectivity index (χ4n) is 4.64. The molecule has 0 bridgehead atoms. The van der Waals surface area contributed by atoms with Crippen LogP contribution in [0.25, 0.3) is 0 Å². The minimum absolute atomic E-state index is 0. The van der Waals surface area contributed by atoms with E-state index in [1.165, 1.54) is 50.8 Å². The van der Waals surface area contributed by atoms with Gasteiger partial charge in [0.1, 0.15) is 5.75 Å². The Morgan fingerprint density at radius 1 is 1.15 bits per heavy atom. The second-order valence-corrected chi connectivity index (χ2v) is 6.89. The maximum absolute atomic E-state index is 9.86. The van der Waals surface area contributed by atoms with E-state index < -0.39 is 0 Å². The van der Waals surface area contributed by atoms with Crippen molar-refractivity contribution < 1.29 is 5.11 Å². The van der Waals surface area contributed by atoms with Gasteiger partial charge in [0.2, 0.25) is 0 Å². The van der Waals surface area contributed by atoms with Gasteiger partial charge in [-0.3, -0.25) is 0 Å². The van der Waals surface area contributed by atoms with Crippen molar-refractivity contribution in [3.05, 3.63) is 29.8 Å². The third-order valence-electron chi connectivity index (χ3n) is 5.68. The number of halogens is 1. The zero-order valence-corrected chi connectivity index (χ0v) is 13.4. The minimum Gasteiger partial charge on any atom is -0.508 e. The summed E-state index contributed by atoms with van der Waals surface area (Å²) in [6, 6.07) is 8.03. The molecule has 1 N–H and O–H groups in total. The topological polar surface area (TPSA) is 23.5 Å². The first kappa shape index (κ1) is 15.7. The highest BCUT2D eigenvalue weighted by Gasteiger charge is 2.52. The number of phenols is 1. The predicted molar refractivity (Wildman–Crippen MR) is 85.7 cm³/mol. The summed E-state index contributed by atoms with van der Waals surface area (Å²) in [5.41, 5.74) is 1.99. The Bertz CT molecular complexity index is 478. The van der Waals surface area contributed by atoms with Gasteiger partial charge in [-0.1, -0.05) is 31.9 Å². The fraction of sp³-hybridized carbons (Fsp3) is 0.647. The number of benzene rings is 1. The van der Waals surface area contributed by atoms with Crippen LogP contribution in [0, 0.1) is 5.41 Å². The number of hydrogen-bond acceptors (Lipinski definition) is 2. The largest absolute Gasteiger partial charge is 0.508 e. The Hall–Kier alpha value is -0.730. The van der Waals surface area contributed by atoms with Crippen molar-refractivity contribution in [3.8, 4) is 5.75 Å². The van der Waals surface area contributed by atoms with E-state index >= 15 is 0 Å². The lowest BCUT2D eigenvalue weighted by Crippen LogP contribution is -2.57. The van der Waals surface area contributed by atoms with Crippen LogP contribution in [-0.2, 0) is 5.41 Å². The van der Waals surface area contributed by atoms with E-state index in [1.807, 2.05) is 12.1 Å². The van der Waals surface area contributed by atoms with Gasteiger partial charge in [-0.2, -0.15) is 0 Å². The summed E-state index contributed by atoms with van der Waals surface area (Å²) in [6.07, 6.45) is 6.50. The van der Waals surface area contributed by atoms with Crippen molar-refractivity contribution in [1.82, 2.24) is 4.90 Å². The van der Waals surface area contributed by atoms with Gasteiger partial charge in [-0.15, -0.1) is 12.4 Å². The van der Waals surface area contributed by atoms with E-state index in [0.717, 1.165) is 0 Å². The van der Waals surface area contributed by atoms with E-state index in [1.54, 1.807) is 6.07 Å². The number of piperidine rings is 1. The highest BCUT2D eigenvalue weighted by Crippen LogP contribution is 2.56. The molecule has 1 saturated heterocycles. The first-order chi connectivity index (χ1) is 9.06. The maximum atomic E-state index is 9.86. The molecular formula is C17H26ClNO. The minimum atomic E-state index is 0. The summed E-state index contributed by atoms with van der Waals surface area (Å²) in [6.45, 7) is 4.82. The van der Waals surface area contributed by atoms with Crippen LogP contribution in [0.5, 0.6) is 5.75 Å². The van der Waals surface area contributed by atoms with Crippen LogP contribution in [0.2, 0.25) is 0 Å².